The summed E-state index contributed by atoms with van der Waals surface area (Å²) in [5.74, 6) is 0.330. The fourth-order valence-corrected chi connectivity index (χ4v) is 1.81. The van der Waals surface area contributed by atoms with Gasteiger partial charge in [-0.2, -0.15) is 0 Å². The highest BCUT2D eigenvalue weighted by molar-refractivity contribution is 5.78. The Labute approximate surface area is 96.9 Å². The first-order valence-electron chi connectivity index (χ1n) is 6.02. The van der Waals surface area contributed by atoms with E-state index in [4.69, 9.17) is 0 Å². The summed E-state index contributed by atoms with van der Waals surface area (Å²) in [4.78, 5) is 18.8. The maximum Gasteiger partial charge on any atom is 0.223 e. The zero-order valence-corrected chi connectivity index (χ0v) is 10.1. The first-order valence-corrected chi connectivity index (χ1v) is 6.02. The van der Waals surface area contributed by atoms with E-state index < -0.39 is 0 Å². The standard InChI is InChI=1S/C12H21N3O/c1-3-5-10(6-4-2)12(16)14-8-11-7-13-9-15-11/h7,9-10H,3-6,8H2,1-2H3,(H,13,15)(H,14,16). The van der Waals surface area contributed by atoms with Gasteiger partial charge in [-0.05, 0) is 12.8 Å². The summed E-state index contributed by atoms with van der Waals surface area (Å²) in [5, 5.41) is 2.94. The Kier molecular flexibility index (Phi) is 5.61. The molecule has 0 aliphatic rings. The number of amides is 1. The average molecular weight is 223 g/mol. The van der Waals surface area contributed by atoms with E-state index in [0.29, 0.717) is 6.54 Å². The molecule has 1 rings (SSSR count). The SMILES string of the molecule is CCCC(CCC)C(=O)NCc1cnc[nH]1. The average Bonchev–Trinajstić information content (AvgIpc) is 2.78. The quantitative estimate of drug-likeness (QED) is 0.744. The maximum atomic E-state index is 11.9. The van der Waals surface area contributed by atoms with Crippen molar-refractivity contribution in [2.75, 3.05) is 0 Å². The number of aromatic nitrogens is 2. The van der Waals surface area contributed by atoms with Gasteiger partial charge >= 0.3 is 0 Å². The van der Waals surface area contributed by atoms with E-state index in [1.807, 2.05) is 0 Å². The summed E-state index contributed by atoms with van der Waals surface area (Å²) in [6, 6.07) is 0. The van der Waals surface area contributed by atoms with Gasteiger partial charge in [-0.1, -0.05) is 26.7 Å². The van der Waals surface area contributed by atoms with Gasteiger partial charge in [-0.3, -0.25) is 4.79 Å². The number of hydrogen-bond donors (Lipinski definition) is 2. The molecule has 1 amide bonds. The van der Waals surface area contributed by atoms with Crippen LogP contribution in [0.4, 0.5) is 0 Å². The summed E-state index contributed by atoms with van der Waals surface area (Å²) < 4.78 is 0. The molecular weight excluding hydrogens is 202 g/mol. The number of carbonyl (C=O) groups excluding carboxylic acids is 1. The van der Waals surface area contributed by atoms with Crippen molar-refractivity contribution in [1.82, 2.24) is 15.3 Å². The monoisotopic (exact) mass is 223 g/mol. The van der Waals surface area contributed by atoms with Gasteiger partial charge in [-0.25, -0.2) is 4.98 Å². The molecule has 0 aromatic carbocycles. The van der Waals surface area contributed by atoms with Crippen LogP contribution in [0, 0.1) is 5.92 Å². The summed E-state index contributed by atoms with van der Waals surface area (Å²) >= 11 is 0. The Morgan fingerprint density at radius 2 is 2.12 bits per heavy atom. The van der Waals surface area contributed by atoms with Crippen LogP contribution >= 0.6 is 0 Å². The van der Waals surface area contributed by atoms with Crippen molar-refractivity contribution in [2.45, 2.75) is 46.1 Å². The number of H-pyrrole nitrogens is 1. The third-order valence-corrected chi connectivity index (χ3v) is 2.65. The predicted molar refractivity (Wildman–Crippen MR) is 63.7 cm³/mol. The molecule has 0 spiro atoms. The van der Waals surface area contributed by atoms with E-state index in [1.165, 1.54) is 0 Å². The van der Waals surface area contributed by atoms with E-state index >= 15 is 0 Å². The van der Waals surface area contributed by atoms with Crippen LogP contribution in [0.25, 0.3) is 0 Å². The second-order valence-electron chi connectivity index (χ2n) is 4.07. The highest BCUT2D eigenvalue weighted by Gasteiger charge is 2.15. The van der Waals surface area contributed by atoms with Crippen molar-refractivity contribution in [2.24, 2.45) is 5.92 Å². The molecule has 1 heterocycles. The number of aromatic amines is 1. The molecule has 90 valence electrons. The van der Waals surface area contributed by atoms with Crippen LogP contribution in [-0.4, -0.2) is 15.9 Å². The van der Waals surface area contributed by atoms with Crippen molar-refractivity contribution in [3.05, 3.63) is 18.2 Å². The lowest BCUT2D eigenvalue weighted by molar-refractivity contribution is -0.125. The molecule has 0 radical (unpaired) electrons. The third-order valence-electron chi connectivity index (χ3n) is 2.65. The molecule has 0 unspecified atom stereocenters. The van der Waals surface area contributed by atoms with Gasteiger partial charge < -0.3 is 10.3 Å². The molecule has 4 heteroatoms. The fraction of sp³-hybridized carbons (Fsp3) is 0.667. The predicted octanol–water partition coefficient (Wildman–Crippen LogP) is 2.24. The minimum Gasteiger partial charge on any atom is -0.350 e. The normalized spacial score (nSPS) is 10.7. The summed E-state index contributed by atoms with van der Waals surface area (Å²) in [6.07, 6.45) is 7.42. The minimum atomic E-state index is 0.165. The Balaban J connectivity index is 2.36. The van der Waals surface area contributed by atoms with Crippen molar-refractivity contribution in [3.63, 3.8) is 0 Å². The van der Waals surface area contributed by atoms with Gasteiger partial charge in [0.25, 0.3) is 0 Å². The van der Waals surface area contributed by atoms with Crippen LogP contribution in [0.15, 0.2) is 12.5 Å². The lowest BCUT2D eigenvalue weighted by atomic mass is 9.97. The van der Waals surface area contributed by atoms with Crippen LogP contribution in [0.5, 0.6) is 0 Å². The van der Waals surface area contributed by atoms with Crippen molar-refractivity contribution in [3.8, 4) is 0 Å². The third kappa shape index (κ3) is 4.04. The zero-order chi connectivity index (χ0) is 11.8. The van der Waals surface area contributed by atoms with E-state index in [2.05, 4.69) is 29.1 Å². The number of rotatable bonds is 7. The van der Waals surface area contributed by atoms with E-state index in [9.17, 15) is 4.79 Å². The molecule has 1 aromatic rings. The summed E-state index contributed by atoms with van der Waals surface area (Å²) in [5.41, 5.74) is 0.945. The molecule has 16 heavy (non-hydrogen) atoms. The van der Waals surface area contributed by atoms with Crippen LogP contribution in [0.3, 0.4) is 0 Å². The number of hydrogen-bond acceptors (Lipinski definition) is 2. The lowest BCUT2D eigenvalue weighted by Gasteiger charge is -2.14. The van der Waals surface area contributed by atoms with Gasteiger partial charge in [0.05, 0.1) is 18.6 Å². The smallest absolute Gasteiger partial charge is 0.223 e. The summed E-state index contributed by atoms with van der Waals surface area (Å²) in [7, 11) is 0. The van der Waals surface area contributed by atoms with Gasteiger partial charge in [0.1, 0.15) is 0 Å². The van der Waals surface area contributed by atoms with Crippen LogP contribution in [0.1, 0.15) is 45.2 Å². The highest BCUT2D eigenvalue weighted by Crippen LogP contribution is 2.13. The van der Waals surface area contributed by atoms with Crippen molar-refractivity contribution < 1.29 is 4.79 Å². The van der Waals surface area contributed by atoms with Crippen LogP contribution < -0.4 is 5.32 Å². The summed E-state index contributed by atoms with van der Waals surface area (Å²) in [6.45, 7) is 4.78. The van der Waals surface area contributed by atoms with Crippen molar-refractivity contribution >= 4 is 5.91 Å². The zero-order valence-electron chi connectivity index (χ0n) is 10.1. The molecule has 4 nitrogen and oxygen atoms in total. The molecule has 0 saturated carbocycles. The van der Waals surface area contributed by atoms with Gasteiger partial charge in [0.2, 0.25) is 5.91 Å². The Hall–Kier alpha value is -1.32. The van der Waals surface area contributed by atoms with Gasteiger partial charge in [0.15, 0.2) is 0 Å². The maximum absolute atomic E-state index is 11.9. The molecule has 0 aliphatic carbocycles. The Bertz CT molecular complexity index is 289. The second kappa shape index (κ2) is 7.04. The number of carbonyl (C=O) groups is 1. The molecule has 2 N–H and O–H groups in total. The van der Waals surface area contributed by atoms with Crippen LogP contribution in [-0.2, 0) is 11.3 Å². The first-order chi connectivity index (χ1) is 7.77. The van der Waals surface area contributed by atoms with E-state index in [0.717, 1.165) is 31.4 Å². The minimum absolute atomic E-state index is 0.165. The van der Waals surface area contributed by atoms with E-state index in [-0.39, 0.29) is 11.8 Å². The topological polar surface area (TPSA) is 57.8 Å². The number of imidazole rings is 1. The second-order valence-corrected chi connectivity index (χ2v) is 4.07. The Morgan fingerprint density at radius 3 is 2.62 bits per heavy atom. The molecule has 1 aromatic heterocycles. The molecule has 0 bridgehead atoms. The molecule has 0 saturated heterocycles. The molecular formula is C12H21N3O. The highest BCUT2D eigenvalue weighted by atomic mass is 16.1. The molecule has 0 atom stereocenters. The fourth-order valence-electron chi connectivity index (χ4n) is 1.81. The van der Waals surface area contributed by atoms with Crippen molar-refractivity contribution in [1.29, 1.82) is 0 Å². The van der Waals surface area contributed by atoms with Gasteiger partial charge in [-0.15, -0.1) is 0 Å². The number of nitrogens with zero attached hydrogens (tertiary/aromatic N) is 1. The largest absolute Gasteiger partial charge is 0.350 e. The lowest BCUT2D eigenvalue weighted by Crippen LogP contribution is -2.30. The van der Waals surface area contributed by atoms with Gasteiger partial charge in [0, 0.05) is 12.1 Å². The Morgan fingerprint density at radius 1 is 1.44 bits per heavy atom. The number of nitrogens with one attached hydrogen (secondary N) is 2. The molecule has 0 aliphatic heterocycles. The van der Waals surface area contributed by atoms with E-state index in [1.54, 1.807) is 12.5 Å². The first kappa shape index (κ1) is 12.7. The van der Waals surface area contributed by atoms with Crippen LogP contribution in [0.2, 0.25) is 0 Å². The molecule has 0 fully saturated rings.